The summed E-state index contributed by atoms with van der Waals surface area (Å²) in [6.45, 7) is 1.87. The minimum Gasteiger partial charge on any atom is -0.507 e. The number of aliphatic hydroxyl groups excluding tert-OH is 1. The molecule has 5 rings (SSSR count). The summed E-state index contributed by atoms with van der Waals surface area (Å²) in [5.41, 5.74) is 0.213. The van der Waals surface area contributed by atoms with Gasteiger partial charge in [-0.3, -0.25) is 14.5 Å². The molecule has 2 fully saturated rings. The van der Waals surface area contributed by atoms with Gasteiger partial charge in [0.2, 0.25) is 0 Å². The summed E-state index contributed by atoms with van der Waals surface area (Å²) in [5.74, 6) is -1.57. The average molecular weight is 673 g/mol. The van der Waals surface area contributed by atoms with Crippen LogP contribution in [0.1, 0.15) is 30.7 Å². The number of piperidine rings is 2. The van der Waals surface area contributed by atoms with Gasteiger partial charge in [-0.05, 0) is 51.5 Å². The Morgan fingerprint density at radius 3 is 2.61 bits per heavy atom. The number of carbonyl (C=O) groups excluding carboxylic acids is 2. The number of phenols is 1. The molecule has 3 aromatic rings. The number of halogens is 3. The average Bonchev–Trinajstić information content (AvgIpc) is 2.97. The number of carbonyl (C=O) groups is 2. The van der Waals surface area contributed by atoms with Crippen LogP contribution in [-0.4, -0.2) is 91.1 Å². The number of ether oxygens (including phenoxy) is 2. The number of nitrogens with one attached hydrogen (secondary N) is 1. The lowest BCUT2D eigenvalue weighted by Crippen LogP contribution is -2.51. The van der Waals surface area contributed by atoms with Crippen molar-refractivity contribution in [1.29, 1.82) is 0 Å². The van der Waals surface area contributed by atoms with E-state index in [1.54, 1.807) is 24.3 Å². The first-order valence-corrected chi connectivity index (χ1v) is 14.3. The minimum absolute atomic E-state index is 0. The molecule has 1 aromatic heterocycles. The van der Waals surface area contributed by atoms with Gasteiger partial charge >= 0.3 is 12.1 Å². The molecule has 0 saturated carbocycles. The second-order valence-electron chi connectivity index (χ2n) is 10.8. The van der Waals surface area contributed by atoms with E-state index in [9.17, 15) is 24.6 Å². The van der Waals surface area contributed by atoms with Crippen molar-refractivity contribution in [1.82, 2.24) is 15.1 Å². The fourth-order valence-corrected chi connectivity index (χ4v) is 5.99. The van der Waals surface area contributed by atoms with Crippen molar-refractivity contribution in [2.75, 3.05) is 46.9 Å². The number of likely N-dealkylation sites (tertiary alicyclic amines) is 1. The molecule has 3 atom stereocenters. The Morgan fingerprint density at radius 2 is 1.95 bits per heavy atom. The van der Waals surface area contributed by atoms with E-state index in [0.29, 0.717) is 43.1 Å². The van der Waals surface area contributed by atoms with Crippen LogP contribution < -0.4 is 15.5 Å². The zero-order valence-corrected chi connectivity index (χ0v) is 26.7. The second kappa shape index (κ2) is 15.3. The first-order valence-electron chi connectivity index (χ1n) is 13.9. The number of β-amino-alcohol motifs (C(OH)–C–C–N with tert-alkyl or cyclic N) is 1. The maximum absolute atomic E-state index is 13.7. The summed E-state index contributed by atoms with van der Waals surface area (Å²) in [5, 5.41) is 25.7. The second-order valence-corrected chi connectivity index (χ2v) is 11.2. The SMILES string of the molecule is COC(=O)CN(C(=O)Oc1cc(O)c2c(=O)cc(-c3ccccc3Cl)oc2c1[C@H]1CCN(C)C[C@H]1O)C1CCCNC1.Cl.Cl. The van der Waals surface area contributed by atoms with Crippen LogP contribution in [-0.2, 0) is 9.53 Å². The number of phenolic OH excluding ortho intramolecular Hbond substituents is 1. The first kappa shape index (κ1) is 35.4. The highest BCUT2D eigenvalue weighted by Gasteiger charge is 2.36. The largest absolute Gasteiger partial charge is 0.507 e. The Hall–Kier alpha value is -3.06. The highest BCUT2D eigenvalue weighted by molar-refractivity contribution is 6.33. The number of aromatic hydroxyl groups is 1. The molecule has 2 aliphatic rings. The molecule has 1 unspecified atom stereocenters. The van der Waals surface area contributed by atoms with Crippen LogP contribution in [0.3, 0.4) is 0 Å². The van der Waals surface area contributed by atoms with Crippen molar-refractivity contribution in [2.24, 2.45) is 0 Å². The van der Waals surface area contributed by atoms with Gasteiger partial charge in [0.15, 0.2) is 5.43 Å². The molecule has 14 heteroatoms. The Bertz CT molecular complexity index is 1550. The van der Waals surface area contributed by atoms with Crippen LogP contribution in [0.5, 0.6) is 11.5 Å². The van der Waals surface area contributed by atoms with Crippen molar-refractivity contribution in [3.05, 3.63) is 57.2 Å². The van der Waals surface area contributed by atoms with Crippen molar-refractivity contribution >= 4 is 59.4 Å². The van der Waals surface area contributed by atoms with Crippen LogP contribution >= 0.6 is 36.4 Å². The van der Waals surface area contributed by atoms with E-state index in [0.717, 1.165) is 13.0 Å². The van der Waals surface area contributed by atoms with E-state index in [1.807, 2.05) is 11.9 Å². The van der Waals surface area contributed by atoms with Crippen molar-refractivity contribution in [3.8, 4) is 22.8 Å². The van der Waals surface area contributed by atoms with Gasteiger partial charge in [-0.1, -0.05) is 23.7 Å². The standard InChI is InChI=1S/C30H34ClN3O8.2ClH/c1-33-11-9-19(23(37)15-33)27-25(42-30(39)34(16-26(38)40-2)17-6-5-10-32-14-17)13-22(36)28-21(35)12-24(41-29(27)28)18-7-3-4-8-20(18)31;;/h3-4,7-8,12-13,17,19,23,32,36-37H,5-6,9-11,14-16H2,1-2H3;2*1H/t17?,19-,23+;;/m0../s1. The quantitative estimate of drug-likeness (QED) is 0.327. The number of hydrogen-bond acceptors (Lipinski definition) is 10. The Morgan fingerprint density at radius 1 is 1.20 bits per heavy atom. The van der Waals surface area contributed by atoms with E-state index < -0.39 is 35.3 Å². The minimum atomic E-state index is -0.892. The maximum atomic E-state index is 13.7. The van der Waals surface area contributed by atoms with E-state index in [-0.39, 0.29) is 65.4 Å². The maximum Gasteiger partial charge on any atom is 0.416 e. The first-order chi connectivity index (χ1) is 20.2. The summed E-state index contributed by atoms with van der Waals surface area (Å²) in [4.78, 5) is 42.6. The molecule has 2 saturated heterocycles. The third-order valence-corrected chi connectivity index (χ3v) is 8.28. The molecule has 2 aromatic carbocycles. The highest BCUT2D eigenvalue weighted by atomic mass is 35.5. The van der Waals surface area contributed by atoms with Crippen LogP contribution in [0.25, 0.3) is 22.3 Å². The lowest BCUT2D eigenvalue weighted by Gasteiger charge is -2.35. The van der Waals surface area contributed by atoms with Crippen LogP contribution in [0.2, 0.25) is 5.02 Å². The molecule has 3 N–H and O–H groups in total. The van der Waals surface area contributed by atoms with Crippen molar-refractivity contribution in [3.63, 3.8) is 0 Å². The topological polar surface area (TPSA) is 142 Å². The van der Waals surface area contributed by atoms with Gasteiger partial charge in [-0.2, -0.15) is 0 Å². The fourth-order valence-electron chi connectivity index (χ4n) is 5.77. The third-order valence-electron chi connectivity index (χ3n) is 7.95. The van der Waals surface area contributed by atoms with E-state index >= 15 is 0 Å². The van der Waals surface area contributed by atoms with Crippen LogP contribution in [0.15, 0.2) is 45.6 Å². The van der Waals surface area contributed by atoms with E-state index in [1.165, 1.54) is 24.1 Å². The van der Waals surface area contributed by atoms with Crippen molar-refractivity contribution < 1.29 is 33.7 Å². The number of methoxy groups -OCH3 is 1. The number of amides is 1. The number of hydrogen-bond donors (Lipinski definition) is 3. The number of benzene rings is 2. The van der Waals surface area contributed by atoms with Gasteiger partial charge < -0.3 is 34.3 Å². The molecule has 0 radical (unpaired) electrons. The lowest BCUT2D eigenvalue weighted by atomic mass is 9.85. The number of rotatable bonds is 6. The number of likely N-dealkylation sites (N-methyl/N-ethyl adjacent to an activating group) is 1. The predicted octanol–water partition coefficient (Wildman–Crippen LogP) is 4.17. The van der Waals surface area contributed by atoms with Gasteiger partial charge in [-0.15, -0.1) is 24.8 Å². The molecule has 3 heterocycles. The molecule has 1 amide bonds. The predicted molar refractivity (Wildman–Crippen MR) is 171 cm³/mol. The molecule has 0 spiro atoms. The van der Waals surface area contributed by atoms with Gasteiger partial charge in [0.1, 0.15) is 34.8 Å². The normalized spacial score (nSPS) is 20.2. The van der Waals surface area contributed by atoms with Crippen LogP contribution in [0, 0.1) is 0 Å². The molecule has 11 nitrogen and oxygen atoms in total. The molecule has 0 bridgehead atoms. The van der Waals surface area contributed by atoms with Gasteiger partial charge in [-0.25, -0.2) is 4.79 Å². The molecular weight excluding hydrogens is 637 g/mol. The van der Waals surface area contributed by atoms with E-state index in [2.05, 4.69) is 5.32 Å². The number of aliphatic hydroxyl groups is 1. The summed E-state index contributed by atoms with van der Waals surface area (Å²) in [7, 11) is 3.12. The van der Waals surface area contributed by atoms with Crippen LogP contribution in [0.4, 0.5) is 4.79 Å². The highest BCUT2D eigenvalue weighted by Crippen LogP contribution is 2.44. The monoisotopic (exact) mass is 671 g/mol. The summed E-state index contributed by atoms with van der Waals surface area (Å²) in [6, 6.07) is 8.97. The van der Waals surface area contributed by atoms with Gasteiger partial charge in [0.25, 0.3) is 0 Å². The van der Waals surface area contributed by atoms with Crippen molar-refractivity contribution in [2.45, 2.75) is 37.3 Å². The molecule has 240 valence electrons. The summed E-state index contributed by atoms with van der Waals surface area (Å²) < 4.78 is 17.0. The molecular formula is C30H36Cl3N3O8. The molecule has 0 aliphatic carbocycles. The summed E-state index contributed by atoms with van der Waals surface area (Å²) >= 11 is 6.41. The Labute approximate surface area is 271 Å². The Kier molecular flexibility index (Phi) is 12.3. The third kappa shape index (κ3) is 7.42. The number of fused-ring (bicyclic) bond motifs is 1. The lowest BCUT2D eigenvalue weighted by molar-refractivity contribution is -0.142. The van der Waals surface area contributed by atoms with E-state index in [4.69, 9.17) is 25.5 Å². The zero-order chi connectivity index (χ0) is 30.0. The smallest absolute Gasteiger partial charge is 0.416 e. The molecule has 44 heavy (non-hydrogen) atoms. The number of esters is 1. The van der Waals surface area contributed by atoms with Gasteiger partial charge in [0, 0.05) is 48.3 Å². The molecule has 2 aliphatic heterocycles. The fraction of sp³-hybridized carbons (Fsp3) is 0.433. The Balaban J connectivity index is 0.00000264. The summed E-state index contributed by atoms with van der Waals surface area (Å²) in [6.07, 6.45) is 0.187. The number of nitrogens with zero attached hydrogens (tertiary/aromatic N) is 2. The zero-order valence-electron chi connectivity index (χ0n) is 24.3. The van der Waals surface area contributed by atoms with Gasteiger partial charge in [0.05, 0.1) is 18.2 Å².